The van der Waals surface area contributed by atoms with Crippen LogP contribution >= 0.6 is 0 Å². The number of carbonyl (C=O) groups excluding carboxylic acids is 1. The summed E-state index contributed by atoms with van der Waals surface area (Å²) in [6, 6.07) is 16.1. The Bertz CT molecular complexity index is 611. The van der Waals surface area contributed by atoms with Gasteiger partial charge in [0.1, 0.15) is 0 Å². The topological polar surface area (TPSA) is 29.5 Å². The van der Waals surface area contributed by atoms with Gasteiger partial charge in [-0.25, -0.2) is 4.79 Å². The standard InChI is InChI=1S/C17H17NO2/c1-20-17(19)16-9-5-4-8-15(16)12-18-10-13-6-2-3-7-14(13)11-18/h2-9H,10-12H2,1H3. The van der Waals surface area contributed by atoms with Gasteiger partial charge in [0.25, 0.3) is 0 Å². The summed E-state index contributed by atoms with van der Waals surface area (Å²) >= 11 is 0. The first-order valence-corrected chi connectivity index (χ1v) is 6.73. The fourth-order valence-electron chi connectivity index (χ4n) is 2.72. The quantitative estimate of drug-likeness (QED) is 0.801. The van der Waals surface area contributed by atoms with E-state index in [2.05, 4.69) is 29.2 Å². The smallest absolute Gasteiger partial charge is 0.338 e. The number of hydrogen-bond acceptors (Lipinski definition) is 3. The van der Waals surface area contributed by atoms with Gasteiger partial charge in [0.05, 0.1) is 12.7 Å². The van der Waals surface area contributed by atoms with Crippen molar-refractivity contribution in [3.05, 3.63) is 70.8 Å². The molecule has 0 saturated heterocycles. The molecule has 0 N–H and O–H groups in total. The maximum Gasteiger partial charge on any atom is 0.338 e. The van der Waals surface area contributed by atoms with Gasteiger partial charge in [-0.1, -0.05) is 42.5 Å². The van der Waals surface area contributed by atoms with E-state index in [0.717, 1.165) is 25.2 Å². The van der Waals surface area contributed by atoms with E-state index in [0.29, 0.717) is 5.56 Å². The Balaban J connectivity index is 1.79. The van der Waals surface area contributed by atoms with Gasteiger partial charge in [-0.2, -0.15) is 0 Å². The van der Waals surface area contributed by atoms with Gasteiger partial charge in [0, 0.05) is 19.6 Å². The number of benzene rings is 2. The zero-order valence-electron chi connectivity index (χ0n) is 11.5. The lowest BCUT2D eigenvalue weighted by molar-refractivity contribution is 0.0598. The summed E-state index contributed by atoms with van der Waals surface area (Å²) in [6.07, 6.45) is 0. The maximum absolute atomic E-state index is 11.8. The Morgan fingerprint density at radius 3 is 2.30 bits per heavy atom. The van der Waals surface area contributed by atoms with Gasteiger partial charge in [0.15, 0.2) is 0 Å². The summed E-state index contributed by atoms with van der Waals surface area (Å²) in [5.41, 5.74) is 4.43. The largest absolute Gasteiger partial charge is 0.465 e. The number of ether oxygens (including phenoxy) is 1. The highest BCUT2D eigenvalue weighted by molar-refractivity contribution is 5.90. The van der Waals surface area contributed by atoms with Crippen molar-refractivity contribution in [3.63, 3.8) is 0 Å². The summed E-state index contributed by atoms with van der Waals surface area (Å²) in [4.78, 5) is 14.1. The lowest BCUT2D eigenvalue weighted by Crippen LogP contribution is -2.18. The molecule has 2 aromatic carbocycles. The average Bonchev–Trinajstić information content (AvgIpc) is 2.89. The summed E-state index contributed by atoms with van der Waals surface area (Å²) < 4.78 is 4.85. The SMILES string of the molecule is COC(=O)c1ccccc1CN1Cc2ccccc2C1. The molecule has 1 aliphatic rings. The highest BCUT2D eigenvalue weighted by Gasteiger charge is 2.20. The first-order valence-electron chi connectivity index (χ1n) is 6.73. The number of nitrogens with zero attached hydrogens (tertiary/aromatic N) is 1. The van der Waals surface area contributed by atoms with Gasteiger partial charge in [0.2, 0.25) is 0 Å². The van der Waals surface area contributed by atoms with Crippen molar-refractivity contribution >= 4 is 5.97 Å². The second-order valence-electron chi connectivity index (χ2n) is 5.06. The number of fused-ring (bicyclic) bond motifs is 1. The van der Waals surface area contributed by atoms with E-state index in [-0.39, 0.29) is 5.97 Å². The number of esters is 1. The summed E-state index contributed by atoms with van der Waals surface area (Å²) in [7, 11) is 1.42. The lowest BCUT2D eigenvalue weighted by atomic mass is 10.1. The third-order valence-corrected chi connectivity index (χ3v) is 3.72. The molecule has 3 nitrogen and oxygen atoms in total. The van der Waals surface area contributed by atoms with E-state index in [1.807, 2.05) is 24.3 Å². The normalized spacial score (nSPS) is 14.1. The van der Waals surface area contributed by atoms with Crippen LogP contribution in [-0.2, 0) is 24.4 Å². The fraction of sp³-hybridized carbons (Fsp3) is 0.235. The highest BCUT2D eigenvalue weighted by atomic mass is 16.5. The molecule has 1 aliphatic heterocycles. The molecular formula is C17H17NO2. The van der Waals surface area contributed by atoms with Crippen LogP contribution in [0.5, 0.6) is 0 Å². The monoisotopic (exact) mass is 267 g/mol. The Morgan fingerprint density at radius 1 is 1.05 bits per heavy atom. The summed E-state index contributed by atoms with van der Waals surface area (Å²) in [5.74, 6) is -0.266. The first kappa shape index (κ1) is 12.9. The van der Waals surface area contributed by atoms with Crippen LogP contribution in [0.3, 0.4) is 0 Å². The van der Waals surface area contributed by atoms with Gasteiger partial charge in [-0.05, 0) is 22.8 Å². The van der Waals surface area contributed by atoms with Crippen LogP contribution in [0.1, 0.15) is 27.0 Å². The van der Waals surface area contributed by atoms with Gasteiger partial charge < -0.3 is 4.74 Å². The molecular weight excluding hydrogens is 250 g/mol. The fourth-order valence-corrected chi connectivity index (χ4v) is 2.72. The first-order chi connectivity index (χ1) is 9.78. The van der Waals surface area contributed by atoms with Gasteiger partial charge >= 0.3 is 5.97 Å². The van der Waals surface area contributed by atoms with Crippen LogP contribution in [-0.4, -0.2) is 18.0 Å². The molecule has 0 atom stereocenters. The summed E-state index contributed by atoms with van der Waals surface area (Å²) in [6.45, 7) is 2.64. The van der Waals surface area contributed by atoms with Crippen molar-refractivity contribution in [1.82, 2.24) is 4.90 Å². The van der Waals surface area contributed by atoms with E-state index in [1.165, 1.54) is 18.2 Å². The highest BCUT2D eigenvalue weighted by Crippen LogP contribution is 2.24. The van der Waals surface area contributed by atoms with E-state index in [1.54, 1.807) is 0 Å². The van der Waals surface area contributed by atoms with Crippen molar-refractivity contribution in [1.29, 1.82) is 0 Å². The Kier molecular flexibility index (Phi) is 3.52. The van der Waals surface area contributed by atoms with E-state index < -0.39 is 0 Å². The lowest BCUT2D eigenvalue weighted by Gasteiger charge is -2.16. The predicted octanol–water partition coefficient (Wildman–Crippen LogP) is 2.99. The molecule has 0 bridgehead atoms. The van der Waals surface area contributed by atoms with Crippen LogP contribution in [0.4, 0.5) is 0 Å². The predicted molar refractivity (Wildman–Crippen MR) is 77.2 cm³/mol. The molecule has 0 unspecified atom stereocenters. The van der Waals surface area contributed by atoms with Crippen LogP contribution in [0, 0.1) is 0 Å². The van der Waals surface area contributed by atoms with E-state index >= 15 is 0 Å². The Morgan fingerprint density at radius 2 is 1.65 bits per heavy atom. The molecule has 0 radical (unpaired) electrons. The van der Waals surface area contributed by atoms with Gasteiger partial charge in [-0.15, -0.1) is 0 Å². The molecule has 0 spiro atoms. The molecule has 20 heavy (non-hydrogen) atoms. The van der Waals surface area contributed by atoms with Crippen LogP contribution in [0.15, 0.2) is 48.5 Å². The minimum Gasteiger partial charge on any atom is -0.465 e. The van der Waals surface area contributed by atoms with Crippen LogP contribution < -0.4 is 0 Å². The molecule has 0 saturated carbocycles. The van der Waals surface area contributed by atoms with Crippen molar-refractivity contribution in [2.75, 3.05) is 7.11 Å². The van der Waals surface area contributed by atoms with Crippen LogP contribution in [0.2, 0.25) is 0 Å². The zero-order chi connectivity index (χ0) is 13.9. The van der Waals surface area contributed by atoms with Crippen molar-refractivity contribution in [3.8, 4) is 0 Å². The number of hydrogen-bond donors (Lipinski definition) is 0. The molecule has 102 valence electrons. The number of rotatable bonds is 3. The molecule has 0 aliphatic carbocycles. The molecule has 2 aromatic rings. The second kappa shape index (κ2) is 5.47. The Labute approximate surface area is 118 Å². The van der Waals surface area contributed by atoms with E-state index in [9.17, 15) is 4.79 Å². The molecule has 0 aromatic heterocycles. The maximum atomic E-state index is 11.8. The molecule has 3 heteroatoms. The minimum absolute atomic E-state index is 0.266. The number of carbonyl (C=O) groups is 1. The van der Waals surface area contributed by atoms with E-state index in [4.69, 9.17) is 4.74 Å². The van der Waals surface area contributed by atoms with Crippen molar-refractivity contribution in [2.24, 2.45) is 0 Å². The third kappa shape index (κ3) is 2.45. The van der Waals surface area contributed by atoms with Gasteiger partial charge in [-0.3, -0.25) is 4.90 Å². The van der Waals surface area contributed by atoms with Crippen LogP contribution in [0.25, 0.3) is 0 Å². The number of methoxy groups -OCH3 is 1. The van der Waals surface area contributed by atoms with Crippen molar-refractivity contribution in [2.45, 2.75) is 19.6 Å². The van der Waals surface area contributed by atoms with Crippen molar-refractivity contribution < 1.29 is 9.53 Å². The summed E-state index contributed by atoms with van der Waals surface area (Å²) in [5, 5.41) is 0. The molecule has 0 amide bonds. The second-order valence-corrected chi connectivity index (χ2v) is 5.06. The third-order valence-electron chi connectivity index (χ3n) is 3.72. The zero-order valence-corrected chi connectivity index (χ0v) is 11.5. The molecule has 1 heterocycles. The Hall–Kier alpha value is -2.13. The minimum atomic E-state index is -0.266. The average molecular weight is 267 g/mol. The molecule has 3 rings (SSSR count). The molecule has 0 fully saturated rings.